The Morgan fingerprint density at radius 3 is 0.878 bits per heavy atom. The van der Waals surface area contributed by atoms with Gasteiger partial charge >= 0.3 is 59.1 Å². The summed E-state index contributed by atoms with van der Waals surface area (Å²) in [7, 11) is 4.69. The minimum absolute atomic E-state index is 0.409. The second kappa shape index (κ2) is 28.4. The van der Waals surface area contributed by atoms with Crippen molar-refractivity contribution in [1.29, 1.82) is 0 Å². The fraction of sp³-hybridized carbons (Fsp3) is 0.583. The highest BCUT2D eigenvalue weighted by atomic mass is 16.7. The van der Waals surface area contributed by atoms with Gasteiger partial charge in [-0.3, -0.25) is 95.2 Å². The molecule has 2 aliphatic rings. The molecule has 34 heteroatoms. The van der Waals surface area contributed by atoms with Crippen molar-refractivity contribution in [1.82, 2.24) is 18.3 Å². The van der Waals surface area contributed by atoms with Crippen LogP contribution < -0.4 is 42.9 Å². The van der Waals surface area contributed by atoms with E-state index in [1.807, 2.05) is 0 Å². The Labute approximate surface area is 464 Å². The van der Waals surface area contributed by atoms with E-state index in [2.05, 4.69) is 10.6 Å². The van der Waals surface area contributed by atoms with Gasteiger partial charge in [0, 0.05) is 111 Å². The van der Waals surface area contributed by atoms with Gasteiger partial charge in [0.25, 0.3) is 11.1 Å². The highest BCUT2D eigenvalue weighted by Crippen LogP contribution is 2.36. The zero-order valence-corrected chi connectivity index (χ0v) is 47.5. The van der Waals surface area contributed by atoms with Crippen LogP contribution in [0.25, 0.3) is 0 Å². The molecule has 0 aromatic carbocycles. The zero-order valence-electron chi connectivity index (χ0n) is 47.5. The molecule has 2 fully saturated rings. The molecule has 0 bridgehead atoms. The van der Waals surface area contributed by atoms with Crippen LogP contribution in [0.4, 0.5) is 23.0 Å². The standard InChI is InChI=1S/2C24H32N4O13/c2*1-10(29)25-21-17(22(35)27(8)24(36)26(21)7)28(11(2)30)23-20(40-15(6)34)19(39-14(5)33)18(38-13(4)32)16(41-23)9-37-12(3)31/h2*16,18-20,23H,9H2,1-8H3,(H,25,29)/t2*16-,18-,19+,20-,23-/m11/s1. The average Bonchev–Trinajstić information content (AvgIpc) is 3.34. The van der Waals surface area contributed by atoms with Crippen LogP contribution in [-0.2, 0) is 133 Å². The van der Waals surface area contributed by atoms with Gasteiger partial charge in [-0.05, 0) is 0 Å². The van der Waals surface area contributed by atoms with E-state index in [1.54, 1.807) is 0 Å². The van der Waals surface area contributed by atoms with Crippen molar-refractivity contribution in [2.75, 3.05) is 33.6 Å². The van der Waals surface area contributed by atoms with Gasteiger partial charge in [0.15, 0.2) is 60.5 Å². The van der Waals surface area contributed by atoms with E-state index in [-0.39, 0.29) is 0 Å². The first-order valence-corrected chi connectivity index (χ1v) is 24.3. The van der Waals surface area contributed by atoms with Crippen LogP contribution in [0.1, 0.15) is 83.1 Å². The summed E-state index contributed by atoms with van der Waals surface area (Å²) >= 11 is 0. The smallest absolute Gasteiger partial charge is 0.332 e. The molecule has 0 aliphatic carbocycles. The van der Waals surface area contributed by atoms with Gasteiger partial charge in [0.1, 0.15) is 37.1 Å². The molecule has 2 N–H and O–H groups in total. The maximum Gasteiger partial charge on any atom is 0.332 e. The van der Waals surface area contributed by atoms with Crippen molar-refractivity contribution < 1.29 is 105 Å². The van der Waals surface area contributed by atoms with Gasteiger partial charge in [0.05, 0.1) is 0 Å². The largest absolute Gasteiger partial charge is 0.463 e. The van der Waals surface area contributed by atoms with Crippen molar-refractivity contribution in [3.63, 3.8) is 0 Å². The molecule has 34 nitrogen and oxygen atoms in total. The normalized spacial score (nSPS) is 21.7. The topological polar surface area (TPSA) is 416 Å². The first-order valence-electron chi connectivity index (χ1n) is 24.3. The lowest BCUT2D eigenvalue weighted by atomic mass is 9.96. The van der Waals surface area contributed by atoms with Crippen LogP contribution in [0, 0.1) is 0 Å². The van der Waals surface area contributed by atoms with Crippen LogP contribution in [0.5, 0.6) is 0 Å². The molecule has 4 rings (SSSR count). The van der Waals surface area contributed by atoms with Gasteiger partial charge in [0.2, 0.25) is 23.6 Å². The summed E-state index contributed by atoms with van der Waals surface area (Å²) < 4.78 is 57.4. The zero-order chi connectivity index (χ0) is 62.7. The molecule has 2 aliphatic heterocycles. The molecular formula is C48H64N8O26. The summed E-state index contributed by atoms with van der Waals surface area (Å²) in [5, 5.41) is 4.68. The predicted octanol–water partition coefficient (Wildman–Crippen LogP) is -3.04. The number of ether oxygens (including phenoxy) is 10. The van der Waals surface area contributed by atoms with E-state index in [4.69, 9.17) is 47.4 Å². The highest BCUT2D eigenvalue weighted by molar-refractivity contribution is 6.00. The minimum atomic E-state index is -1.81. The third-order valence-electron chi connectivity index (χ3n) is 11.5. The third-order valence-corrected chi connectivity index (χ3v) is 11.5. The van der Waals surface area contributed by atoms with Gasteiger partial charge in [-0.15, -0.1) is 0 Å². The molecule has 2 aromatic rings. The number of rotatable bonds is 16. The summed E-state index contributed by atoms with van der Waals surface area (Å²) in [6.07, 6.45) is -16.3. The van der Waals surface area contributed by atoms with Gasteiger partial charge in [-0.2, -0.15) is 0 Å². The van der Waals surface area contributed by atoms with E-state index >= 15 is 0 Å². The van der Waals surface area contributed by atoms with Gasteiger partial charge in [-0.1, -0.05) is 0 Å². The molecule has 0 unspecified atom stereocenters. The van der Waals surface area contributed by atoms with Crippen molar-refractivity contribution in [3.8, 4) is 0 Å². The monoisotopic (exact) mass is 1170 g/mol. The lowest BCUT2D eigenvalue weighted by Crippen LogP contribution is -2.67. The number of carbonyl (C=O) groups is 12. The second-order valence-corrected chi connectivity index (χ2v) is 18.1. The SMILES string of the molecule is CC(=O)Nc1c(N(C(C)=O)[C@@H]2O[C@H](COC(C)=O)[C@@H](OC(C)=O)[C@H](OC(C)=O)[C@H]2OC(C)=O)c(=O)n(C)c(=O)n1C.CC(=O)Nc1c(N(C(C)=O)[C@@H]2O[C@H](COC(C)=O)[C@@H](OC(C)=O)[C@H](OC(C)=O)[C@H]2OC(C)=O)c(=O)n(C)c(=O)n1C. The number of nitrogens with one attached hydrogen (secondary N) is 2. The number of carbonyl (C=O) groups excluding carboxylic acids is 12. The molecule has 4 heterocycles. The first kappa shape index (κ1) is 67.2. The third kappa shape index (κ3) is 16.5. The predicted molar refractivity (Wildman–Crippen MR) is 273 cm³/mol. The number of hydrogen-bond donors (Lipinski definition) is 2. The number of anilines is 4. The number of nitrogens with zero attached hydrogens (tertiary/aromatic N) is 6. The highest BCUT2D eigenvalue weighted by Gasteiger charge is 2.57. The number of aromatic nitrogens is 4. The van der Waals surface area contributed by atoms with E-state index < -0.39 is 191 Å². The Bertz CT molecular complexity index is 2930. The van der Waals surface area contributed by atoms with E-state index in [0.717, 1.165) is 106 Å². The summed E-state index contributed by atoms with van der Waals surface area (Å²) in [5.74, 6) is -11.0. The Balaban J connectivity index is 0.000000430. The fourth-order valence-electron chi connectivity index (χ4n) is 8.46. The lowest BCUT2D eigenvalue weighted by molar-refractivity contribution is -0.252. The molecule has 452 valence electrons. The molecular weight excluding hydrogens is 1100 g/mol. The minimum Gasteiger partial charge on any atom is -0.463 e. The summed E-state index contributed by atoms with van der Waals surface area (Å²) in [6.45, 7) is 11.3. The second-order valence-electron chi connectivity index (χ2n) is 18.1. The molecule has 4 amide bonds. The van der Waals surface area contributed by atoms with E-state index in [9.17, 15) is 76.7 Å². The summed E-state index contributed by atoms with van der Waals surface area (Å²) in [6, 6.07) is 0. The quantitative estimate of drug-likeness (QED) is 0.125. The van der Waals surface area contributed by atoms with Crippen LogP contribution in [0.2, 0.25) is 0 Å². The fourth-order valence-corrected chi connectivity index (χ4v) is 8.46. The number of esters is 8. The molecule has 2 aromatic heterocycles. The molecule has 0 saturated carbocycles. The lowest BCUT2D eigenvalue weighted by Gasteiger charge is -2.47. The van der Waals surface area contributed by atoms with Crippen molar-refractivity contribution >= 4 is 94.4 Å². The van der Waals surface area contributed by atoms with Crippen LogP contribution >= 0.6 is 0 Å². The van der Waals surface area contributed by atoms with Crippen molar-refractivity contribution in [2.45, 2.75) is 144 Å². The Morgan fingerprint density at radius 1 is 0.390 bits per heavy atom. The van der Waals surface area contributed by atoms with Crippen LogP contribution in [0.15, 0.2) is 19.2 Å². The van der Waals surface area contributed by atoms with Gasteiger partial charge < -0.3 is 58.0 Å². The summed E-state index contributed by atoms with van der Waals surface area (Å²) in [5.41, 5.74) is -4.96. The maximum absolute atomic E-state index is 13.4. The Kier molecular flexibility index (Phi) is 23.2. The van der Waals surface area contributed by atoms with Crippen molar-refractivity contribution in [3.05, 3.63) is 41.7 Å². The Hall–Kier alpha value is -9.08. The van der Waals surface area contributed by atoms with Gasteiger partial charge in [-0.25, -0.2) is 9.59 Å². The number of amides is 4. The Morgan fingerprint density at radius 2 is 0.646 bits per heavy atom. The average molecular weight is 1170 g/mol. The number of hydrogen-bond acceptors (Lipinski definition) is 26. The van der Waals surface area contributed by atoms with Crippen LogP contribution in [-0.4, -0.2) is 164 Å². The molecule has 10 atom stereocenters. The first-order chi connectivity index (χ1) is 37.9. The molecule has 0 spiro atoms. The van der Waals surface area contributed by atoms with Crippen molar-refractivity contribution in [2.24, 2.45) is 28.2 Å². The molecule has 2 saturated heterocycles. The van der Waals surface area contributed by atoms with Crippen LogP contribution in [0.3, 0.4) is 0 Å². The molecule has 0 radical (unpaired) electrons. The molecule has 82 heavy (non-hydrogen) atoms. The van der Waals surface area contributed by atoms with E-state index in [0.29, 0.717) is 18.9 Å². The summed E-state index contributed by atoms with van der Waals surface area (Å²) in [4.78, 5) is 200. The van der Waals surface area contributed by atoms with E-state index in [1.165, 1.54) is 14.1 Å². The maximum atomic E-state index is 13.4.